The molecule has 1 N–H and O–H groups in total. The summed E-state index contributed by atoms with van der Waals surface area (Å²) >= 11 is 1.84. The molecule has 0 aromatic rings. The number of nitrogens with zero attached hydrogens (tertiary/aromatic N) is 1. The lowest BCUT2D eigenvalue weighted by Gasteiger charge is -2.33. The summed E-state index contributed by atoms with van der Waals surface area (Å²) in [6.07, 6.45) is 1.67. The van der Waals surface area contributed by atoms with Gasteiger partial charge in [-0.2, -0.15) is 24.5 Å². The van der Waals surface area contributed by atoms with Crippen LogP contribution >= 0.6 is 11.8 Å². The topological polar surface area (TPSA) is 57.6 Å². The second-order valence-corrected chi connectivity index (χ2v) is 6.29. The highest BCUT2D eigenvalue weighted by Crippen LogP contribution is 2.24. The lowest BCUT2D eigenvalue weighted by Crippen LogP contribution is -2.46. The molecule has 84 valence electrons. The minimum atomic E-state index is -4.04. The summed E-state index contributed by atoms with van der Waals surface area (Å²) in [5.41, 5.74) is 0. The highest BCUT2D eigenvalue weighted by molar-refractivity contribution is 7.99. The maximum atomic E-state index is 11.1. The van der Waals surface area contributed by atoms with Gasteiger partial charge in [0.25, 0.3) is 0 Å². The number of rotatable bonds is 3. The van der Waals surface area contributed by atoms with Crippen molar-refractivity contribution in [1.82, 2.24) is 4.31 Å². The maximum absolute atomic E-state index is 11.1. The Hall–Kier alpha value is 0.220. The summed E-state index contributed by atoms with van der Waals surface area (Å²) in [6, 6.07) is -0.190. The molecule has 0 spiro atoms. The van der Waals surface area contributed by atoms with E-state index in [0.717, 1.165) is 24.3 Å². The van der Waals surface area contributed by atoms with Gasteiger partial charge in [0.15, 0.2) is 0 Å². The standard InChI is InChI=1S/C8H17NO3S2/c1-7(2)9(14(10,11)12)8-3-5-13-6-4-8/h7-8H,3-6H2,1-2H3,(H,10,11,12). The van der Waals surface area contributed by atoms with Gasteiger partial charge in [0.2, 0.25) is 0 Å². The first-order chi connectivity index (χ1) is 6.43. The summed E-state index contributed by atoms with van der Waals surface area (Å²) in [5.74, 6) is 1.95. The fourth-order valence-corrected chi connectivity index (χ4v) is 4.02. The molecule has 0 aromatic carbocycles. The van der Waals surface area contributed by atoms with E-state index in [2.05, 4.69) is 0 Å². The third-order valence-electron chi connectivity index (χ3n) is 2.33. The zero-order valence-electron chi connectivity index (χ0n) is 8.51. The van der Waals surface area contributed by atoms with Crippen molar-refractivity contribution >= 4 is 22.1 Å². The zero-order valence-corrected chi connectivity index (χ0v) is 10.1. The zero-order chi connectivity index (χ0) is 10.8. The minimum Gasteiger partial charge on any atom is -0.273 e. The van der Waals surface area contributed by atoms with Gasteiger partial charge in [0.1, 0.15) is 0 Å². The first-order valence-electron chi connectivity index (χ1n) is 4.76. The van der Waals surface area contributed by atoms with Gasteiger partial charge in [-0.3, -0.25) is 4.55 Å². The summed E-state index contributed by atoms with van der Waals surface area (Å²) in [7, 11) is -4.04. The minimum absolute atomic E-state index is 0.0220. The van der Waals surface area contributed by atoms with Crippen LogP contribution in [0.4, 0.5) is 0 Å². The molecular formula is C8H17NO3S2. The van der Waals surface area contributed by atoms with Crippen LogP contribution in [0.1, 0.15) is 26.7 Å². The maximum Gasteiger partial charge on any atom is 0.336 e. The summed E-state index contributed by atoms with van der Waals surface area (Å²) < 4.78 is 32.6. The van der Waals surface area contributed by atoms with E-state index in [1.807, 2.05) is 11.8 Å². The van der Waals surface area contributed by atoms with Crippen molar-refractivity contribution in [2.45, 2.75) is 38.8 Å². The van der Waals surface area contributed by atoms with Crippen molar-refractivity contribution in [3.63, 3.8) is 0 Å². The number of hydrogen-bond donors (Lipinski definition) is 1. The van der Waals surface area contributed by atoms with Crippen LogP contribution in [0, 0.1) is 0 Å². The molecule has 1 saturated heterocycles. The smallest absolute Gasteiger partial charge is 0.273 e. The Labute approximate surface area is 89.9 Å². The monoisotopic (exact) mass is 239 g/mol. The predicted octanol–water partition coefficient (Wildman–Crippen LogP) is 1.40. The Balaban J connectivity index is 2.76. The van der Waals surface area contributed by atoms with Gasteiger partial charge >= 0.3 is 10.3 Å². The van der Waals surface area contributed by atoms with E-state index in [-0.39, 0.29) is 12.1 Å². The predicted molar refractivity (Wildman–Crippen MR) is 58.9 cm³/mol. The number of thioether (sulfide) groups is 1. The lowest BCUT2D eigenvalue weighted by molar-refractivity contribution is 0.234. The van der Waals surface area contributed by atoms with Crippen LogP contribution in [0.3, 0.4) is 0 Å². The van der Waals surface area contributed by atoms with Gasteiger partial charge in [-0.1, -0.05) is 0 Å². The highest BCUT2D eigenvalue weighted by atomic mass is 32.2. The second-order valence-electron chi connectivity index (χ2n) is 3.75. The van der Waals surface area contributed by atoms with Crippen LogP contribution in [0.2, 0.25) is 0 Å². The van der Waals surface area contributed by atoms with Gasteiger partial charge < -0.3 is 0 Å². The SMILES string of the molecule is CC(C)N(C1CCSCC1)S(=O)(=O)O. The van der Waals surface area contributed by atoms with Crippen molar-refractivity contribution in [2.24, 2.45) is 0 Å². The first-order valence-corrected chi connectivity index (χ1v) is 7.32. The van der Waals surface area contributed by atoms with Gasteiger partial charge in [-0.25, -0.2) is 0 Å². The molecule has 0 saturated carbocycles. The molecule has 0 aliphatic carbocycles. The van der Waals surface area contributed by atoms with Crippen LogP contribution in [0.15, 0.2) is 0 Å². The molecule has 6 heteroatoms. The molecule has 0 bridgehead atoms. The van der Waals surface area contributed by atoms with Crippen molar-refractivity contribution in [3.8, 4) is 0 Å². The normalized spacial score (nSPS) is 20.6. The average molecular weight is 239 g/mol. The summed E-state index contributed by atoms with van der Waals surface area (Å²) in [6.45, 7) is 3.57. The Morgan fingerprint density at radius 2 is 1.86 bits per heavy atom. The molecule has 4 nitrogen and oxygen atoms in total. The van der Waals surface area contributed by atoms with Crippen LogP contribution in [0.5, 0.6) is 0 Å². The van der Waals surface area contributed by atoms with Gasteiger partial charge in [0, 0.05) is 12.1 Å². The fourth-order valence-electron chi connectivity index (χ4n) is 1.82. The van der Waals surface area contributed by atoms with Gasteiger partial charge in [-0.15, -0.1) is 0 Å². The fraction of sp³-hybridized carbons (Fsp3) is 1.00. The summed E-state index contributed by atoms with van der Waals surface area (Å²) in [5, 5.41) is 0. The van der Waals surface area contributed by atoms with Crippen molar-refractivity contribution in [2.75, 3.05) is 11.5 Å². The molecule has 1 heterocycles. The molecular weight excluding hydrogens is 222 g/mol. The molecule has 1 fully saturated rings. The molecule has 0 atom stereocenters. The Morgan fingerprint density at radius 3 is 2.21 bits per heavy atom. The van der Waals surface area contributed by atoms with E-state index in [1.54, 1.807) is 13.8 Å². The molecule has 1 aliphatic rings. The lowest BCUT2D eigenvalue weighted by atomic mass is 10.1. The summed E-state index contributed by atoms with van der Waals surface area (Å²) in [4.78, 5) is 0. The second kappa shape index (κ2) is 4.83. The van der Waals surface area contributed by atoms with Gasteiger partial charge in [-0.05, 0) is 38.2 Å². The Bertz CT molecular complexity index is 270. The average Bonchev–Trinajstić information content (AvgIpc) is 2.02. The van der Waals surface area contributed by atoms with Gasteiger partial charge in [0.05, 0.1) is 0 Å². The molecule has 1 rings (SSSR count). The van der Waals surface area contributed by atoms with Crippen LogP contribution < -0.4 is 0 Å². The molecule has 0 aromatic heterocycles. The van der Waals surface area contributed by atoms with Crippen molar-refractivity contribution < 1.29 is 13.0 Å². The number of hydrogen-bond acceptors (Lipinski definition) is 3. The first kappa shape index (κ1) is 12.3. The van der Waals surface area contributed by atoms with E-state index in [9.17, 15) is 8.42 Å². The van der Waals surface area contributed by atoms with Crippen LogP contribution in [-0.2, 0) is 10.3 Å². The van der Waals surface area contributed by atoms with Crippen LogP contribution in [-0.4, -0.2) is 40.9 Å². The third-order valence-corrected chi connectivity index (χ3v) is 4.63. The highest BCUT2D eigenvalue weighted by Gasteiger charge is 2.31. The Kier molecular flexibility index (Phi) is 4.24. The molecule has 14 heavy (non-hydrogen) atoms. The molecule has 1 aliphatic heterocycles. The largest absolute Gasteiger partial charge is 0.336 e. The molecule has 0 radical (unpaired) electrons. The van der Waals surface area contributed by atoms with Crippen LogP contribution in [0.25, 0.3) is 0 Å². The van der Waals surface area contributed by atoms with E-state index < -0.39 is 10.3 Å². The molecule has 0 amide bonds. The molecule has 0 unspecified atom stereocenters. The van der Waals surface area contributed by atoms with E-state index in [0.29, 0.717) is 0 Å². The Morgan fingerprint density at radius 1 is 1.36 bits per heavy atom. The third kappa shape index (κ3) is 3.12. The van der Waals surface area contributed by atoms with E-state index in [1.165, 1.54) is 4.31 Å². The quantitative estimate of drug-likeness (QED) is 0.756. The van der Waals surface area contributed by atoms with Crippen molar-refractivity contribution in [3.05, 3.63) is 0 Å². The van der Waals surface area contributed by atoms with E-state index >= 15 is 0 Å². The van der Waals surface area contributed by atoms with Crippen molar-refractivity contribution in [1.29, 1.82) is 0 Å². The van der Waals surface area contributed by atoms with E-state index in [4.69, 9.17) is 4.55 Å².